The van der Waals surface area contributed by atoms with Crippen molar-refractivity contribution in [1.82, 2.24) is 19.3 Å². The summed E-state index contributed by atoms with van der Waals surface area (Å²) in [6.07, 6.45) is 2.08. The number of nitrogens with one attached hydrogen (secondary N) is 1. The number of pyridine rings is 1. The van der Waals surface area contributed by atoms with E-state index in [1.807, 2.05) is 54.6 Å². The van der Waals surface area contributed by atoms with E-state index in [2.05, 4.69) is 14.3 Å². The highest BCUT2D eigenvalue weighted by Crippen LogP contribution is 2.29. The Morgan fingerprint density at radius 1 is 0.944 bits per heavy atom. The Labute approximate surface area is 210 Å². The van der Waals surface area contributed by atoms with Crippen LogP contribution in [0.15, 0.2) is 71.6 Å². The van der Waals surface area contributed by atoms with Crippen LogP contribution in [0, 0.1) is 0 Å². The standard InChI is InChI=1S/C27H29N5O3S/c1-35-18-15-24-31-25-26(21-12-4-5-13-22(21)30-27(25)28)32(24)17-7-6-16-29-36(33,34)23-14-8-10-19-9-2-3-11-20(19)23/h2-5,8-14,29H,6-7,15-18H2,1H3,(H2,28,30). The molecule has 0 spiro atoms. The molecule has 0 fully saturated rings. The first-order chi connectivity index (χ1) is 17.5. The monoisotopic (exact) mass is 503 g/mol. The fourth-order valence-electron chi connectivity index (χ4n) is 4.64. The molecule has 0 aliphatic rings. The first kappa shape index (κ1) is 24.2. The zero-order valence-corrected chi connectivity index (χ0v) is 21.0. The predicted molar refractivity (Wildman–Crippen MR) is 143 cm³/mol. The van der Waals surface area contributed by atoms with E-state index < -0.39 is 10.0 Å². The van der Waals surface area contributed by atoms with Crippen LogP contribution in [0.2, 0.25) is 0 Å². The summed E-state index contributed by atoms with van der Waals surface area (Å²) in [5.74, 6) is 1.29. The first-order valence-corrected chi connectivity index (χ1v) is 13.5. The number of nitrogen functional groups attached to an aromatic ring is 1. The Balaban J connectivity index is 1.34. The van der Waals surface area contributed by atoms with Crippen molar-refractivity contribution in [3.05, 3.63) is 72.6 Å². The molecule has 0 saturated heterocycles. The number of nitrogens with zero attached hydrogens (tertiary/aromatic N) is 3. The number of imidazole rings is 1. The van der Waals surface area contributed by atoms with Gasteiger partial charge in [-0.2, -0.15) is 0 Å². The Morgan fingerprint density at radius 2 is 1.69 bits per heavy atom. The molecule has 3 N–H and O–H groups in total. The summed E-state index contributed by atoms with van der Waals surface area (Å²) in [5, 5.41) is 2.62. The largest absolute Gasteiger partial charge is 0.384 e. The molecular formula is C27H29N5O3S. The fourth-order valence-corrected chi connectivity index (χ4v) is 5.94. The summed E-state index contributed by atoms with van der Waals surface area (Å²) in [5.41, 5.74) is 8.73. The predicted octanol–water partition coefficient (Wildman–Crippen LogP) is 4.27. The molecule has 5 aromatic rings. The molecule has 5 rings (SSSR count). The van der Waals surface area contributed by atoms with E-state index in [9.17, 15) is 8.42 Å². The number of ether oxygens (including phenoxy) is 1. The molecule has 186 valence electrons. The number of fused-ring (bicyclic) bond motifs is 4. The molecule has 0 amide bonds. The number of benzene rings is 3. The summed E-state index contributed by atoms with van der Waals surface area (Å²) in [6, 6.07) is 20.7. The number of aromatic nitrogens is 3. The molecule has 0 radical (unpaired) electrons. The number of anilines is 1. The van der Waals surface area contributed by atoms with Crippen LogP contribution in [0.25, 0.3) is 32.7 Å². The molecule has 3 aromatic carbocycles. The van der Waals surface area contributed by atoms with Crippen molar-refractivity contribution < 1.29 is 13.2 Å². The lowest BCUT2D eigenvalue weighted by Crippen LogP contribution is -2.25. The van der Waals surface area contributed by atoms with Gasteiger partial charge in [0.05, 0.1) is 22.5 Å². The molecule has 0 aliphatic carbocycles. The quantitative estimate of drug-likeness (QED) is 0.275. The Hall–Kier alpha value is -3.53. The number of aryl methyl sites for hydroxylation is 1. The summed E-state index contributed by atoms with van der Waals surface area (Å²) >= 11 is 0. The van der Waals surface area contributed by atoms with Crippen molar-refractivity contribution in [2.24, 2.45) is 0 Å². The third-order valence-corrected chi connectivity index (χ3v) is 7.88. The minimum atomic E-state index is -3.62. The normalized spacial score (nSPS) is 12.1. The van der Waals surface area contributed by atoms with E-state index in [1.54, 1.807) is 19.2 Å². The van der Waals surface area contributed by atoms with Gasteiger partial charge < -0.3 is 15.0 Å². The minimum absolute atomic E-state index is 0.303. The molecule has 0 unspecified atom stereocenters. The van der Waals surface area contributed by atoms with Gasteiger partial charge in [0.2, 0.25) is 10.0 Å². The number of hydrogen-bond acceptors (Lipinski definition) is 6. The minimum Gasteiger partial charge on any atom is -0.384 e. The van der Waals surface area contributed by atoms with E-state index in [1.165, 1.54) is 0 Å². The van der Waals surface area contributed by atoms with Gasteiger partial charge in [0, 0.05) is 37.4 Å². The highest BCUT2D eigenvalue weighted by Gasteiger charge is 2.18. The average Bonchev–Trinajstić information content (AvgIpc) is 3.26. The van der Waals surface area contributed by atoms with Gasteiger partial charge >= 0.3 is 0 Å². The summed E-state index contributed by atoms with van der Waals surface area (Å²) in [4.78, 5) is 9.61. The molecule has 0 aliphatic heterocycles. The maximum atomic E-state index is 13.0. The van der Waals surface area contributed by atoms with Gasteiger partial charge in [0.25, 0.3) is 0 Å². The van der Waals surface area contributed by atoms with Gasteiger partial charge in [-0.25, -0.2) is 23.1 Å². The lowest BCUT2D eigenvalue weighted by Gasteiger charge is -2.12. The van der Waals surface area contributed by atoms with Crippen LogP contribution in [-0.4, -0.2) is 43.2 Å². The second kappa shape index (κ2) is 10.2. The molecule has 0 bridgehead atoms. The smallest absolute Gasteiger partial charge is 0.241 e. The number of rotatable bonds is 10. The summed E-state index contributed by atoms with van der Waals surface area (Å²) < 4.78 is 36.3. The zero-order chi connectivity index (χ0) is 25.1. The second-order valence-corrected chi connectivity index (χ2v) is 10.5. The number of unbranched alkanes of at least 4 members (excludes halogenated alkanes) is 1. The number of hydrogen-bond donors (Lipinski definition) is 2. The Kier molecular flexibility index (Phi) is 6.86. The van der Waals surface area contributed by atoms with E-state index in [-0.39, 0.29) is 0 Å². The van der Waals surface area contributed by atoms with E-state index >= 15 is 0 Å². The summed E-state index contributed by atoms with van der Waals surface area (Å²) in [7, 11) is -1.95. The van der Waals surface area contributed by atoms with Gasteiger partial charge in [-0.3, -0.25) is 0 Å². The summed E-state index contributed by atoms with van der Waals surface area (Å²) in [6.45, 7) is 1.56. The van der Waals surface area contributed by atoms with Crippen molar-refractivity contribution >= 4 is 48.5 Å². The molecule has 0 saturated carbocycles. The van der Waals surface area contributed by atoms with Crippen molar-refractivity contribution in [3.8, 4) is 0 Å². The Morgan fingerprint density at radius 3 is 2.53 bits per heavy atom. The van der Waals surface area contributed by atoms with Crippen molar-refractivity contribution in [2.45, 2.75) is 30.7 Å². The van der Waals surface area contributed by atoms with Crippen LogP contribution >= 0.6 is 0 Å². The van der Waals surface area contributed by atoms with Crippen molar-refractivity contribution in [3.63, 3.8) is 0 Å². The average molecular weight is 504 g/mol. The van der Waals surface area contributed by atoms with Crippen LogP contribution in [-0.2, 0) is 27.7 Å². The van der Waals surface area contributed by atoms with Gasteiger partial charge in [0.1, 0.15) is 11.3 Å². The van der Waals surface area contributed by atoms with Crippen molar-refractivity contribution in [1.29, 1.82) is 0 Å². The maximum absolute atomic E-state index is 13.0. The number of nitrogens with two attached hydrogens (primary N) is 1. The van der Waals surface area contributed by atoms with Gasteiger partial charge in [-0.05, 0) is 30.4 Å². The third-order valence-electron chi connectivity index (χ3n) is 6.36. The number of methoxy groups -OCH3 is 1. The lowest BCUT2D eigenvalue weighted by molar-refractivity contribution is 0.199. The van der Waals surface area contributed by atoms with E-state index in [0.29, 0.717) is 48.8 Å². The lowest BCUT2D eigenvalue weighted by atomic mass is 10.1. The Bertz CT molecular complexity index is 1640. The van der Waals surface area contributed by atoms with E-state index in [0.717, 1.165) is 39.4 Å². The topological polar surface area (TPSA) is 112 Å². The van der Waals surface area contributed by atoms with Gasteiger partial charge in [0.15, 0.2) is 5.82 Å². The SMILES string of the molecule is COCCc1nc2c(N)nc3ccccc3c2n1CCCCNS(=O)(=O)c1cccc2ccccc12. The molecular weight excluding hydrogens is 474 g/mol. The first-order valence-electron chi connectivity index (χ1n) is 12.0. The molecule has 2 aromatic heterocycles. The highest BCUT2D eigenvalue weighted by atomic mass is 32.2. The van der Waals surface area contributed by atoms with Gasteiger partial charge in [-0.1, -0.05) is 54.6 Å². The van der Waals surface area contributed by atoms with Crippen molar-refractivity contribution in [2.75, 3.05) is 26.0 Å². The number of para-hydroxylation sites is 1. The maximum Gasteiger partial charge on any atom is 0.241 e. The van der Waals surface area contributed by atoms with Gasteiger partial charge in [-0.15, -0.1) is 0 Å². The third kappa shape index (κ3) is 4.65. The fraction of sp³-hybridized carbons (Fsp3) is 0.259. The van der Waals surface area contributed by atoms with Crippen LogP contribution in [0.3, 0.4) is 0 Å². The van der Waals surface area contributed by atoms with Crippen LogP contribution in [0.5, 0.6) is 0 Å². The zero-order valence-electron chi connectivity index (χ0n) is 20.1. The molecule has 8 nitrogen and oxygen atoms in total. The van der Waals surface area contributed by atoms with Crippen LogP contribution in [0.4, 0.5) is 5.82 Å². The molecule has 0 atom stereocenters. The molecule has 9 heteroatoms. The molecule has 36 heavy (non-hydrogen) atoms. The van der Waals surface area contributed by atoms with E-state index in [4.69, 9.17) is 15.5 Å². The van der Waals surface area contributed by atoms with Crippen LogP contribution < -0.4 is 10.5 Å². The number of sulfonamides is 1. The second-order valence-electron chi connectivity index (χ2n) is 8.72. The molecule has 2 heterocycles. The van der Waals surface area contributed by atoms with Crippen LogP contribution in [0.1, 0.15) is 18.7 Å². The highest BCUT2D eigenvalue weighted by molar-refractivity contribution is 7.89.